The average molecular weight is 219 g/mol. The summed E-state index contributed by atoms with van der Waals surface area (Å²) in [5.74, 6) is 0. The maximum absolute atomic E-state index is 10.7. The average Bonchev–Trinajstić information content (AvgIpc) is 2.24. The van der Waals surface area contributed by atoms with Gasteiger partial charge in [0.1, 0.15) is 5.60 Å². The van der Waals surface area contributed by atoms with Crippen LogP contribution in [0.3, 0.4) is 0 Å². The molecule has 88 valence electrons. The van der Waals surface area contributed by atoms with Gasteiger partial charge in [-0.15, -0.1) is 0 Å². The number of hydrogen-bond acceptors (Lipinski definition) is 2. The van der Waals surface area contributed by atoms with Gasteiger partial charge in [0.15, 0.2) is 0 Å². The molecule has 1 heterocycles. The largest absolute Gasteiger partial charge is 0.384 e. The van der Waals surface area contributed by atoms with Crippen LogP contribution in [-0.2, 0) is 5.60 Å². The van der Waals surface area contributed by atoms with Crippen LogP contribution in [0.25, 0.3) is 0 Å². The van der Waals surface area contributed by atoms with Gasteiger partial charge < -0.3 is 10.4 Å². The van der Waals surface area contributed by atoms with Crippen molar-refractivity contribution in [2.24, 2.45) is 0 Å². The maximum atomic E-state index is 10.7. The Bertz CT molecular complexity index is 392. The molecule has 2 nitrogen and oxygen atoms in total. The van der Waals surface area contributed by atoms with Crippen molar-refractivity contribution >= 4 is 0 Å². The highest BCUT2D eigenvalue weighted by atomic mass is 16.3. The lowest BCUT2D eigenvalue weighted by atomic mass is 9.82. The predicted molar refractivity (Wildman–Crippen MR) is 66.7 cm³/mol. The van der Waals surface area contributed by atoms with Crippen molar-refractivity contribution in [3.8, 4) is 0 Å². The van der Waals surface area contributed by atoms with Crippen molar-refractivity contribution in [1.82, 2.24) is 5.32 Å². The third-order valence-corrected chi connectivity index (χ3v) is 3.70. The molecule has 0 saturated carbocycles. The van der Waals surface area contributed by atoms with Crippen molar-refractivity contribution < 1.29 is 5.11 Å². The molecule has 0 amide bonds. The maximum Gasteiger partial charge on any atom is 0.102 e. The van der Waals surface area contributed by atoms with E-state index in [0.29, 0.717) is 6.54 Å². The number of β-amino-alcohol motifs (C(OH)–C–C–N with tert-alkyl or cyclic N) is 1. The van der Waals surface area contributed by atoms with E-state index in [9.17, 15) is 5.11 Å². The topological polar surface area (TPSA) is 32.3 Å². The van der Waals surface area contributed by atoms with Crippen molar-refractivity contribution in [3.05, 3.63) is 34.4 Å². The summed E-state index contributed by atoms with van der Waals surface area (Å²) in [6, 6.07) is 4.33. The minimum Gasteiger partial charge on any atom is -0.384 e. The van der Waals surface area contributed by atoms with E-state index in [0.717, 1.165) is 24.9 Å². The lowest BCUT2D eigenvalue weighted by Crippen LogP contribution is -2.43. The quantitative estimate of drug-likeness (QED) is 0.759. The zero-order valence-corrected chi connectivity index (χ0v) is 10.4. The first-order valence-electron chi connectivity index (χ1n) is 6.04. The lowest BCUT2D eigenvalue weighted by molar-refractivity contribution is 0.0117. The van der Waals surface area contributed by atoms with Gasteiger partial charge in [-0.1, -0.05) is 12.1 Å². The molecule has 1 aliphatic heterocycles. The zero-order chi connectivity index (χ0) is 11.8. The van der Waals surface area contributed by atoms with Gasteiger partial charge in [-0.05, 0) is 62.4 Å². The molecule has 1 atom stereocenters. The summed E-state index contributed by atoms with van der Waals surface area (Å²) in [6.07, 6.45) is 1.91. The van der Waals surface area contributed by atoms with E-state index in [-0.39, 0.29) is 0 Å². The van der Waals surface area contributed by atoms with Crippen molar-refractivity contribution in [1.29, 1.82) is 0 Å². The molecule has 16 heavy (non-hydrogen) atoms. The zero-order valence-electron chi connectivity index (χ0n) is 10.4. The number of nitrogens with one attached hydrogen (secondary N) is 1. The molecule has 0 aliphatic carbocycles. The highest BCUT2D eigenvalue weighted by Gasteiger charge is 2.32. The minimum absolute atomic E-state index is 0.666. The number of aliphatic hydroxyl groups is 1. The second-order valence-electron chi connectivity index (χ2n) is 5.06. The fourth-order valence-electron chi connectivity index (χ4n) is 2.58. The summed E-state index contributed by atoms with van der Waals surface area (Å²) in [5, 5.41) is 14.0. The van der Waals surface area contributed by atoms with Gasteiger partial charge in [0.25, 0.3) is 0 Å². The summed E-state index contributed by atoms with van der Waals surface area (Å²) in [5.41, 5.74) is 4.20. The van der Waals surface area contributed by atoms with Gasteiger partial charge in [0.05, 0.1) is 0 Å². The van der Waals surface area contributed by atoms with Crippen molar-refractivity contribution in [2.45, 2.75) is 39.2 Å². The van der Waals surface area contributed by atoms with Crippen molar-refractivity contribution in [3.63, 3.8) is 0 Å². The van der Waals surface area contributed by atoms with Crippen LogP contribution in [0.15, 0.2) is 12.1 Å². The Morgan fingerprint density at radius 3 is 2.44 bits per heavy atom. The molecule has 0 aromatic heterocycles. The Balaban J connectivity index is 2.42. The second-order valence-corrected chi connectivity index (χ2v) is 5.06. The summed E-state index contributed by atoms with van der Waals surface area (Å²) in [7, 11) is 0. The fraction of sp³-hybridized carbons (Fsp3) is 0.571. The third kappa shape index (κ3) is 2.00. The van der Waals surface area contributed by atoms with Crippen LogP contribution in [-0.4, -0.2) is 18.2 Å². The van der Waals surface area contributed by atoms with Gasteiger partial charge in [0, 0.05) is 6.54 Å². The van der Waals surface area contributed by atoms with Crippen LogP contribution >= 0.6 is 0 Å². The number of benzene rings is 1. The molecule has 1 aliphatic rings. The number of piperidine rings is 1. The highest BCUT2D eigenvalue weighted by molar-refractivity contribution is 5.40. The molecular formula is C14H21NO. The lowest BCUT2D eigenvalue weighted by Gasteiger charge is -2.34. The summed E-state index contributed by atoms with van der Waals surface area (Å²) in [4.78, 5) is 0. The monoisotopic (exact) mass is 219 g/mol. The van der Waals surface area contributed by atoms with Crippen LogP contribution in [0.1, 0.15) is 35.1 Å². The molecule has 0 bridgehead atoms. The second kappa shape index (κ2) is 4.19. The van der Waals surface area contributed by atoms with E-state index in [4.69, 9.17) is 0 Å². The molecule has 0 spiro atoms. The molecule has 2 N–H and O–H groups in total. The molecule has 2 rings (SSSR count). The fourth-order valence-corrected chi connectivity index (χ4v) is 2.58. The molecule has 2 heteroatoms. The van der Waals surface area contributed by atoms with Gasteiger partial charge in [0.2, 0.25) is 0 Å². The van der Waals surface area contributed by atoms with Crippen LogP contribution in [0.2, 0.25) is 0 Å². The van der Waals surface area contributed by atoms with Crippen LogP contribution in [0.4, 0.5) is 0 Å². The normalized spacial score (nSPS) is 25.8. The molecular weight excluding hydrogens is 198 g/mol. The van der Waals surface area contributed by atoms with E-state index < -0.39 is 5.60 Å². The standard InChI is InChI=1S/C14H21NO/c1-10-7-12(3)13(8-11(10)2)14(16)5-4-6-15-9-14/h7-8,15-16H,4-6,9H2,1-3H3. The molecule has 0 radical (unpaired) electrons. The van der Waals surface area contributed by atoms with Crippen LogP contribution in [0, 0.1) is 20.8 Å². The Morgan fingerprint density at radius 1 is 1.12 bits per heavy atom. The summed E-state index contributed by atoms with van der Waals surface area (Å²) in [6.45, 7) is 8.02. The molecule has 1 aromatic carbocycles. The van der Waals surface area contributed by atoms with E-state index in [1.165, 1.54) is 16.7 Å². The Labute approximate surface area is 97.7 Å². The molecule has 1 fully saturated rings. The van der Waals surface area contributed by atoms with Gasteiger partial charge in [-0.3, -0.25) is 0 Å². The first-order valence-corrected chi connectivity index (χ1v) is 6.04. The summed E-state index contributed by atoms with van der Waals surface area (Å²) >= 11 is 0. The van der Waals surface area contributed by atoms with E-state index >= 15 is 0 Å². The first-order chi connectivity index (χ1) is 7.53. The molecule has 1 aromatic rings. The van der Waals surface area contributed by atoms with E-state index in [2.05, 4.69) is 38.2 Å². The van der Waals surface area contributed by atoms with E-state index in [1.807, 2.05) is 0 Å². The van der Waals surface area contributed by atoms with Gasteiger partial charge in [-0.25, -0.2) is 0 Å². The smallest absolute Gasteiger partial charge is 0.102 e. The third-order valence-electron chi connectivity index (χ3n) is 3.70. The number of hydrogen-bond donors (Lipinski definition) is 2. The molecule has 1 saturated heterocycles. The Kier molecular flexibility index (Phi) is 3.04. The van der Waals surface area contributed by atoms with Crippen LogP contribution in [0.5, 0.6) is 0 Å². The van der Waals surface area contributed by atoms with E-state index in [1.54, 1.807) is 0 Å². The predicted octanol–water partition coefficient (Wildman–Crippen LogP) is 2.18. The molecule has 1 unspecified atom stereocenters. The van der Waals surface area contributed by atoms with Crippen molar-refractivity contribution in [2.75, 3.05) is 13.1 Å². The Morgan fingerprint density at radius 2 is 1.81 bits per heavy atom. The van der Waals surface area contributed by atoms with Gasteiger partial charge in [-0.2, -0.15) is 0 Å². The van der Waals surface area contributed by atoms with Crippen LogP contribution < -0.4 is 5.32 Å². The number of rotatable bonds is 1. The first kappa shape index (κ1) is 11.6. The van der Waals surface area contributed by atoms with Gasteiger partial charge >= 0.3 is 0 Å². The SMILES string of the molecule is Cc1cc(C)c(C2(O)CCCNC2)cc1C. The summed E-state index contributed by atoms with van der Waals surface area (Å²) < 4.78 is 0. The highest BCUT2D eigenvalue weighted by Crippen LogP contribution is 2.32. The minimum atomic E-state index is -0.666. The Hall–Kier alpha value is -0.860. The number of aryl methyl sites for hydroxylation is 3.